The molecular weight excluding hydrogens is 853 g/mol. The first-order valence-corrected chi connectivity index (χ1v) is 24.3. The van der Waals surface area contributed by atoms with Crippen LogP contribution in [0.25, 0.3) is 76.9 Å². The fourth-order valence-corrected chi connectivity index (χ4v) is 10.0. The predicted octanol–water partition coefficient (Wildman–Crippen LogP) is 19.5. The number of hydrogen-bond donors (Lipinski definition) is 0. The molecule has 0 saturated carbocycles. The van der Waals surface area contributed by atoms with Crippen molar-refractivity contribution < 1.29 is 8.83 Å². The average Bonchev–Trinajstić information content (AvgIpc) is 3.92. The van der Waals surface area contributed by atoms with Crippen LogP contribution < -0.4 is 9.80 Å². The summed E-state index contributed by atoms with van der Waals surface area (Å²) >= 11 is 0. The quantitative estimate of drug-likeness (QED) is 0.152. The predicted molar refractivity (Wildman–Crippen MR) is 296 cm³/mol. The van der Waals surface area contributed by atoms with Crippen molar-refractivity contribution in [2.75, 3.05) is 9.80 Å². The molecule has 2 heterocycles. The van der Waals surface area contributed by atoms with Crippen molar-refractivity contribution in [2.45, 2.75) is 52.4 Å². The van der Waals surface area contributed by atoms with Crippen molar-refractivity contribution in [1.29, 1.82) is 0 Å². The molecule has 0 saturated heterocycles. The molecule has 0 atom stereocenters. The van der Waals surface area contributed by atoms with Crippen LogP contribution in [0.1, 0.15) is 52.7 Å². The molecule has 0 spiro atoms. The molecule has 0 aliphatic heterocycles. The van der Waals surface area contributed by atoms with Crippen molar-refractivity contribution in [2.24, 2.45) is 0 Å². The van der Waals surface area contributed by atoms with Gasteiger partial charge in [0.25, 0.3) is 0 Å². The lowest BCUT2D eigenvalue weighted by Gasteiger charge is -2.27. The molecule has 12 rings (SSSR count). The third-order valence-electron chi connectivity index (χ3n) is 14.0. The van der Waals surface area contributed by atoms with Gasteiger partial charge in [0.1, 0.15) is 22.3 Å². The van der Waals surface area contributed by atoms with E-state index in [2.05, 4.69) is 270 Å². The molecule has 0 N–H and O–H groups in total. The van der Waals surface area contributed by atoms with Gasteiger partial charge in [-0.25, -0.2) is 0 Å². The summed E-state index contributed by atoms with van der Waals surface area (Å²) in [6.07, 6.45) is 0. The van der Waals surface area contributed by atoms with Crippen LogP contribution in [-0.2, 0) is 10.8 Å². The summed E-state index contributed by atoms with van der Waals surface area (Å²) in [5.74, 6) is 0. The van der Waals surface area contributed by atoms with Gasteiger partial charge < -0.3 is 18.6 Å². The largest absolute Gasteiger partial charge is 0.456 e. The van der Waals surface area contributed by atoms with Gasteiger partial charge in [0.15, 0.2) is 0 Å². The maximum absolute atomic E-state index is 6.77. The third-order valence-corrected chi connectivity index (χ3v) is 14.0. The number of hydrogen-bond acceptors (Lipinski definition) is 4. The van der Waals surface area contributed by atoms with E-state index in [0.717, 1.165) is 88.8 Å². The number of benzene rings is 10. The molecule has 0 bridgehead atoms. The molecule has 10 aromatic carbocycles. The van der Waals surface area contributed by atoms with Gasteiger partial charge >= 0.3 is 0 Å². The molecule has 0 amide bonds. The van der Waals surface area contributed by atoms with Crippen molar-refractivity contribution >= 4 is 88.8 Å². The second kappa shape index (κ2) is 16.7. The standard InChI is InChI=1S/C66H54N2O2/c1-65(2,3)49-21-29-53(30-22-49)67(51-25-17-45(18-26-51)43-13-9-7-10-14-43)55-33-35-57-59-37-47-40-62-60(38-48(47)39-61(59)69-63(57)41-55)58-36-34-56(42-64(58)70-62)68(54-31-23-50(24-32-54)66(4,5)6)52-27-19-46(20-28-52)44-15-11-8-12-16-44/h7-42H,1-6H3. The van der Waals surface area contributed by atoms with Gasteiger partial charge in [0.05, 0.1) is 0 Å². The molecule has 0 aliphatic rings. The van der Waals surface area contributed by atoms with Crippen molar-refractivity contribution in [1.82, 2.24) is 0 Å². The lowest BCUT2D eigenvalue weighted by atomic mass is 9.87. The maximum atomic E-state index is 6.77. The lowest BCUT2D eigenvalue weighted by Crippen LogP contribution is -2.13. The Balaban J connectivity index is 0.915. The number of fused-ring (bicyclic) bond motifs is 7. The maximum Gasteiger partial charge on any atom is 0.137 e. The van der Waals surface area contributed by atoms with Crippen LogP contribution >= 0.6 is 0 Å². The summed E-state index contributed by atoms with van der Waals surface area (Å²) in [7, 11) is 0. The fourth-order valence-electron chi connectivity index (χ4n) is 10.0. The first-order valence-electron chi connectivity index (χ1n) is 24.3. The van der Waals surface area contributed by atoms with E-state index in [4.69, 9.17) is 8.83 Å². The highest BCUT2D eigenvalue weighted by Gasteiger charge is 2.21. The minimum atomic E-state index is 0.0511. The molecule has 0 radical (unpaired) electrons. The zero-order valence-corrected chi connectivity index (χ0v) is 40.5. The van der Waals surface area contributed by atoms with Crippen LogP contribution in [-0.4, -0.2) is 0 Å². The normalized spacial score (nSPS) is 12.1. The summed E-state index contributed by atoms with van der Waals surface area (Å²) in [5.41, 5.74) is 17.2. The van der Waals surface area contributed by atoms with Gasteiger partial charge in [0.2, 0.25) is 0 Å². The molecular formula is C66H54N2O2. The van der Waals surface area contributed by atoms with E-state index < -0.39 is 0 Å². The van der Waals surface area contributed by atoms with E-state index in [0.29, 0.717) is 0 Å². The van der Waals surface area contributed by atoms with Crippen LogP contribution in [0, 0.1) is 0 Å². The monoisotopic (exact) mass is 906 g/mol. The summed E-state index contributed by atoms with van der Waals surface area (Å²) in [5, 5.41) is 6.50. The van der Waals surface area contributed by atoms with E-state index in [1.54, 1.807) is 0 Å². The van der Waals surface area contributed by atoms with Gasteiger partial charge in [-0.1, -0.05) is 151 Å². The molecule has 0 fully saturated rings. The van der Waals surface area contributed by atoms with Gasteiger partial charge in [-0.3, -0.25) is 0 Å². The SMILES string of the molecule is CC(C)(C)c1ccc(N(c2ccc(-c3ccccc3)cc2)c2ccc3c(c2)oc2cc4cc5c(cc4cc23)oc2cc(N(c3ccc(-c4ccccc4)cc3)c3ccc(C(C)(C)C)cc3)ccc25)cc1. The minimum absolute atomic E-state index is 0.0511. The molecule has 70 heavy (non-hydrogen) atoms. The Morgan fingerprint density at radius 2 is 0.571 bits per heavy atom. The van der Waals surface area contributed by atoms with Gasteiger partial charge in [-0.2, -0.15) is 0 Å². The summed E-state index contributed by atoms with van der Waals surface area (Å²) < 4.78 is 13.5. The van der Waals surface area contributed by atoms with E-state index in [1.807, 2.05) is 0 Å². The number of furan rings is 2. The second-order valence-electron chi connectivity index (χ2n) is 20.7. The Hall–Kier alpha value is -8.34. The van der Waals surface area contributed by atoms with E-state index in [9.17, 15) is 0 Å². The van der Waals surface area contributed by atoms with Gasteiger partial charge in [-0.05, 0) is 152 Å². The van der Waals surface area contributed by atoms with E-state index >= 15 is 0 Å². The number of rotatable bonds is 8. The number of anilines is 6. The van der Waals surface area contributed by atoms with Crippen LogP contribution in [0.4, 0.5) is 34.1 Å². The summed E-state index contributed by atoms with van der Waals surface area (Å²) in [6, 6.07) is 78.7. The topological polar surface area (TPSA) is 32.8 Å². The third kappa shape index (κ3) is 7.86. The first kappa shape index (κ1) is 43.0. The summed E-state index contributed by atoms with van der Waals surface area (Å²) in [4.78, 5) is 4.64. The van der Waals surface area contributed by atoms with Crippen molar-refractivity contribution in [3.8, 4) is 22.3 Å². The van der Waals surface area contributed by atoms with Crippen LogP contribution in [0.2, 0.25) is 0 Å². The first-order chi connectivity index (χ1) is 33.9. The molecule has 12 aromatic rings. The highest BCUT2D eigenvalue weighted by molar-refractivity contribution is 6.15. The van der Waals surface area contributed by atoms with Crippen LogP contribution in [0.15, 0.2) is 227 Å². The average molecular weight is 907 g/mol. The number of nitrogens with zero attached hydrogens (tertiary/aromatic N) is 2. The highest BCUT2D eigenvalue weighted by Crippen LogP contribution is 2.44. The molecule has 0 aliphatic carbocycles. The second-order valence-corrected chi connectivity index (χ2v) is 20.7. The molecule has 4 heteroatoms. The van der Waals surface area contributed by atoms with E-state index in [1.165, 1.54) is 33.4 Å². The molecule has 2 aromatic heterocycles. The Kier molecular flexibility index (Phi) is 10.3. The highest BCUT2D eigenvalue weighted by atomic mass is 16.3. The fraction of sp³-hybridized carbons (Fsp3) is 0.121. The van der Waals surface area contributed by atoms with Crippen LogP contribution in [0.5, 0.6) is 0 Å². The molecule has 4 nitrogen and oxygen atoms in total. The van der Waals surface area contributed by atoms with Crippen LogP contribution in [0.3, 0.4) is 0 Å². The van der Waals surface area contributed by atoms with Gasteiger partial charge in [-0.15, -0.1) is 0 Å². The Labute approximate surface area is 409 Å². The zero-order valence-electron chi connectivity index (χ0n) is 40.5. The van der Waals surface area contributed by atoms with Gasteiger partial charge in [0, 0.05) is 67.8 Å². The van der Waals surface area contributed by atoms with Crippen molar-refractivity contribution in [3.63, 3.8) is 0 Å². The zero-order chi connectivity index (χ0) is 47.7. The molecule has 340 valence electrons. The minimum Gasteiger partial charge on any atom is -0.456 e. The summed E-state index contributed by atoms with van der Waals surface area (Å²) in [6.45, 7) is 13.5. The smallest absolute Gasteiger partial charge is 0.137 e. The van der Waals surface area contributed by atoms with Crippen molar-refractivity contribution in [3.05, 3.63) is 230 Å². The van der Waals surface area contributed by atoms with E-state index in [-0.39, 0.29) is 10.8 Å². The Morgan fingerprint density at radius 1 is 0.271 bits per heavy atom. The molecule has 0 unspecified atom stereocenters. The lowest BCUT2D eigenvalue weighted by molar-refractivity contribution is 0.590. The Morgan fingerprint density at radius 3 is 0.914 bits per heavy atom. The Bertz CT molecular complexity index is 3600.